The van der Waals surface area contributed by atoms with Crippen molar-refractivity contribution < 1.29 is 0 Å². The van der Waals surface area contributed by atoms with Crippen molar-refractivity contribution in [1.82, 2.24) is 25.2 Å². The summed E-state index contributed by atoms with van der Waals surface area (Å²) in [5.74, 6) is 0.579. The molecule has 6 nitrogen and oxygen atoms in total. The molecule has 0 saturated heterocycles. The minimum Gasteiger partial charge on any atom is -0.336 e. The maximum absolute atomic E-state index is 9.18. The molecule has 0 atom stereocenters. The van der Waals surface area contributed by atoms with Crippen LogP contribution >= 0.6 is 0 Å². The predicted molar refractivity (Wildman–Crippen MR) is 103 cm³/mol. The van der Waals surface area contributed by atoms with Crippen LogP contribution in [0.4, 0.5) is 0 Å². The quantitative estimate of drug-likeness (QED) is 0.535. The number of rotatable bonds is 3. The van der Waals surface area contributed by atoms with Crippen LogP contribution in [0.1, 0.15) is 11.1 Å². The first kappa shape index (κ1) is 15.3. The number of nitrogens with zero attached hydrogens (tertiary/aromatic N) is 5. The first-order chi connectivity index (χ1) is 13.3. The molecule has 5 aromatic rings. The Morgan fingerprint density at radius 1 is 0.926 bits per heavy atom. The summed E-state index contributed by atoms with van der Waals surface area (Å²) in [6.07, 6.45) is 0. The van der Waals surface area contributed by atoms with Crippen LogP contribution in [0.5, 0.6) is 0 Å². The molecule has 2 aromatic heterocycles. The third kappa shape index (κ3) is 2.53. The van der Waals surface area contributed by atoms with Gasteiger partial charge in [-0.25, -0.2) is 0 Å². The fourth-order valence-corrected chi connectivity index (χ4v) is 3.57. The van der Waals surface area contributed by atoms with Gasteiger partial charge in [0.25, 0.3) is 0 Å². The average molecular weight is 350 g/mol. The highest BCUT2D eigenvalue weighted by Crippen LogP contribution is 2.32. The van der Waals surface area contributed by atoms with Crippen LogP contribution in [-0.4, -0.2) is 25.2 Å². The summed E-state index contributed by atoms with van der Waals surface area (Å²) in [7, 11) is 0. The van der Waals surface area contributed by atoms with Crippen LogP contribution in [0.15, 0.2) is 66.7 Å². The second kappa shape index (κ2) is 6.07. The topological polar surface area (TPSA) is 83.2 Å². The van der Waals surface area contributed by atoms with Gasteiger partial charge >= 0.3 is 0 Å². The van der Waals surface area contributed by atoms with Gasteiger partial charge in [0.05, 0.1) is 11.6 Å². The molecule has 128 valence electrons. The number of fused-ring (bicyclic) bond motifs is 3. The molecule has 27 heavy (non-hydrogen) atoms. The Hall–Kier alpha value is -3.98. The number of nitriles is 1. The number of nitrogens with one attached hydrogen (secondary N) is 1. The van der Waals surface area contributed by atoms with Crippen molar-refractivity contribution in [2.75, 3.05) is 0 Å². The summed E-state index contributed by atoms with van der Waals surface area (Å²) in [4.78, 5) is 0. The lowest BCUT2D eigenvalue weighted by atomic mass is 10.1. The van der Waals surface area contributed by atoms with E-state index >= 15 is 0 Å². The van der Waals surface area contributed by atoms with Crippen LogP contribution in [0.25, 0.3) is 33.2 Å². The lowest BCUT2D eigenvalue weighted by Gasteiger charge is -2.08. The second-order valence-corrected chi connectivity index (χ2v) is 6.38. The van der Waals surface area contributed by atoms with E-state index in [9.17, 15) is 5.26 Å². The number of para-hydroxylation sites is 1. The number of hydrogen-bond donors (Lipinski definition) is 1. The summed E-state index contributed by atoms with van der Waals surface area (Å²) in [5, 5.41) is 25.8. The van der Waals surface area contributed by atoms with Crippen LogP contribution in [0.3, 0.4) is 0 Å². The summed E-state index contributed by atoms with van der Waals surface area (Å²) >= 11 is 0. The average Bonchev–Trinajstić information content (AvgIpc) is 3.36. The van der Waals surface area contributed by atoms with Crippen molar-refractivity contribution in [3.63, 3.8) is 0 Å². The Morgan fingerprint density at radius 3 is 2.67 bits per heavy atom. The lowest BCUT2D eigenvalue weighted by Crippen LogP contribution is -1.99. The van der Waals surface area contributed by atoms with E-state index in [1.807, 2.05) is 36.4 Å². The van der Waals surface area contributed by atoms with Crippen LogP contribution in [-0.2, 0) is 6.54 Å². The van der Waals surface area contributed by atoms with Gasteiger partial charge in [-0.3, -0.25) is 0 Å². The summed E-state index contributed by atoms with van der Waals surface area (Å²) in [6, 6.07) is 24.5. The van der Waals surface area contributed by atoms with E-state index in [4.69, 9.17) is 0 Å². The van der Waals surface area contributed by atoms with Gasteiger partial charge in [0, 0.05) is 33.9 Å². The number of hydrogen-bond acceptors (Lipinski definition) is 4. The maximum Gasteiger partial charge on any atom is 0.204 e. The molecular weight excluding hydrogens is 336 g/mol. The van der Waals surface area contributed by atoms with Crippen molar-refractivity contribution in [3.05, 3.63) is 77.9 Å². The highest BCUT2D eigenvalue weighted by Gasteiger charge is 2.13. The Morgan fingerprint density at radius 2 is 1.81 bits per heavy atom. The van der Waals surface area contributed by atoms with Crippen LogP contribution < -0.4 is 0 Å². The number of benzene rings is 3. The minimum absolute atomic E-state index is 0.579. The van der Waals surface area contributed by atoms with E-state index in [-0.39, 0.29) is 0 Å². The number of tetrazole rings is 1. The fourth-order valence-electron chi connectivity index (χ4n) is 3.57. The van der Waals surface area contributed by atoms with Crippen molar-refractivity contribution in [2.45, 2.75) is 6.54 Å². The first-order valence-electron chi connectivity index (χ1n) is 8.57. The molecule has 5 rings (SSSR count). The number of H-pyrrole nitrogens is 1. The maximum atomic E-state index is 9.18. The summed E-state index contributed by atoms with van der Waals surface area (Å²) < 4.78 is 2.28. The van der Waals surface area contributed by atoms with E-state index in [1.165, 1.54) is 5.39 Å². The molecule has 0 amide bonds. The highest BCUT2D eigenvalue weighted by molar-refractivity contribution is 6.09. The molecular formula is C21H14N6. The van der Waals surface area contributed by atoms with Crippen LogP contribution in [0, 0.1) is 11.3 Å². The van der Waals surface area contributed by atoms with E-state index < -0.39 is 0 Å². The van der Waals surface area contributed by atoms with Gasteiger partial charge in [0.1, 0.15) is 0 Å². The Kier molecular flexibility index (Phi) is 3.44. The monoisotopic (exact) mass is 350 g/mol. The van der Waals surface area contributed by atoms with Crippen molar-refractivity contribution >= 4 is 21.8 Å². The standard InChI is InChI=1S/C21H14N6/c22-12-14-4-3-5-15(10-14)13-27-19-7-2-1-6-17(19)18-11-16(8-9-20(18)27)21-23-25-26-24-21/h1-11H,13H2,(H,23,24,25,26). The van der Waals surface area contributed by atoms with E-state index in [1.54, 1.807) is 0 Å². The largest absolute Gasteiger partial charge is 0.336 e. The lowest BCUT2D eigenvalue weighted by molar-refractivity contribution is 0.868. The Bertz CT molecular complexity index is 1310. The molecule has 0 aliphatic rings. The molecule has 0 radical (unpaired) electrons. The molecule has 0 aliphatic carbocycles. The van der Waals surface area contributed by atoms with Crippen molar-refractivity contribution in [2.24, 2.45) is 0 Å². The molecule has 0 aliphatic heterocycles. The van der Waals surface area contributed by atoms with Gasteiger partial charge in [-0.1, -0.05) is 30.3 Å². The van der Waals surface area contributed by atoms with Gasteiger partial charge in [-0.15, -0.1) is 10.2 Å². The zero-order valence-corrected chi connectivity index (χ0v) is 14.3. The summed E-state index contributed by atoms with van der Waals surface area (Å²) in [6.45, 7) is 0.696. The minimum atomic E-state index is 0.579. The van der Waals surface area contributed by atoms with E-state index in [2.05, 4.69) is 61.6 Å². The molecule has 0 spiro atoms. The van der Waals surface area contributed by atoms with E-state index in [0.29, 0.717) is 17.9 Å². The Labute approximate surface area is 154 Å². The zero-order valence-electron chi connectivity index (χ0n) is 14.3. The predicted octanol–water partition coefficient (Wildman–Crippen LogP) is 3.89. The van der Waals surface area contributed by atoms with Gasteiger partial charge in [0.2, 0.25) is 5.82 Å². The summed E-state index contributed by atoms with van der Waals surface area (Å²) in [5.41, 5.74) is 4.98. The molecule has 3 aromatic carbocycles. The third-order valence-corrected chi connectivity index (χ3v) is 4.77. The molecule has 1 N–H and O–H groups in total. The van der Waals surface area contributed by atoms with Crippen LogP contribution in [0.2, 0.25) is 0 Å². The zero-order chi connectivity index (χ0) is 18.2. The number of aromatic nitrogens is 5. The molecule has 0 bridgehead atoms. The molecule has 0 unspecified atom stereocenters. The normalized spacial score (nSPS) is 11.1. The van der Waals surface area contributed by atoms with Crippen molar-refractivity contribution in [3.8, 4) is 17.5 Å². The van der Waals surface area contributed by atoms with Gasteiger partial charge in [-0.05, 0) is 47.2 Å². The molecule has 6 heteroatoms. The smallest absolute Gasteiger partial charge is 0.204 e. The van der Waals surface area contributed by atoms with Gasteiger partial charge < -0.3 is 4.57 Å². The van der Waals surface area contributed by atoms with E-state index in [0.717, 1.165) is 27.5 Å². The third-order valence-electron chi connectivity index (χ3n) is 4.77. The van der Waals surface area contributed by atoms with Gasteiger partial charge in [-0.2, -0.15) is 10.5 Å². The van der Waals surface area contributed by atoms with Crippen molar-refractivity contribution in [1.29, 1.82) is 5.26 Å². The fraction of sp³-hybridized carbons (Fsp3) is 0.0476. The molecule has 2 heterocycles. The SMILES string of the molecule is N#Cc1cccc(Cn2c3ccccc3c3cc(-c4nn[nH]n4)ccc32)c1. The second-order valence-electron chi connectivity index (χ2n) is 6.38. The molecule has 0 saturated carbocycles. The number of aromatic amines is 1. The molecule has 0 fully saturated rings. The Balaban J connectivity index is 1.72. The first-order valence-corrected chi connectivity index (χ1v) is 8.57. The van der Waals surface area contributed by atoms with Gasteiger partial charge in [0.15, 0.2) is 0 Å². The highest BCUT2D eigenvalue weighted by atomic mass is 15.5.